The van der Waals surface area contributed by atoms with Crippen LogP contribution in [0.2, 0.25) is 0 Å². The first-order valence-electron chi connectivity index (χ1n) is 7.43. The van der Waals surface area contributed by atoms with Gasteiger partial charge in [0, 0.05) is 18.5 Å². The zero-order chi connectivity index (χ0) is 15.7. The van der Waals surface area contributed by atoms with Crippen LogP contribution >= 0.6 is 0 Å². The number of H-pyrrole nitrogens is 1. The molecule has 3 rings (SSSR count). The van der Waals surface area contributed by atoms with E-state index >= 15 is 0 Å². The number of rotatable bonds is 3. The molecule has 1 aromatic heterocycles. The molecule has 0 aromatic carbocycles. The highest BCUT2D eigenvalue weighted by Crippen LogP contribution is 2.35. The van der Waals surface area contributed by atoms with Gasteiger partial charge >= 0.3 is 5.97 Å². The van der Waals surface area contributed by atoms with Crippen molar-refractivity contribution in [3.05, 3.63) is 11.8 Å². The molecule has 8 heteroatoms. The monoisotopic (exact) mass is 306 g/mol. The number of aromatic amines is 1. The van der Waals surface area contributed by atoms with Gasteiger partial charge in [-0.25, -0.2) is 4.79 Å². The molecule has 1 saturated carbocycles. The van der Waals surface area contributed by atoms with Crippen LogP contribution in [-0.4, -0.2) is 39.1 Å². The van der Waals surface area contributed by atoms with Gasteiger partial charge in [-0.15, -0.1) is 0 Å². The lowest BCUT2D eigenvalue weighted by molar-refractivity contribution is -0.134. The van der Waals surface area contributed by atoms with E-state index in [-0.39, 0.29) is 47.6 Å². The Bertz CT molecular complexity index is 612. The molecule has 118 valence electrons. The largest absolute Gasteiger partial charge is 0.477 e. The van der Waals surface area contributed by atoms with E-state index < -0.39 is 5.97 Å². The zero-order valence-corrected chi connectivity index (χ0v) is 12.0. The van der Waals surface area contributed by atoms with Crippen LogP contribution in [0.15, 0.2) is 6.07 Å². The number of nitrogens with one attached hydrogen (secondary N) is 3. The number of carboxylic acids is 1. The Labute approximate surface area is 126 Å². The predicted molar refractivity (Wildman–Crippen MR) is 76.2 cm³/mol. The number of anilines is 1. The molecule has 0 radical (unpaired) electrons. The van der Waals surface area contributed by atoms with Gasteiger partial charge in [0.25, 0.3) is 0 Å². The molecule has 2 amide bonds. The van der Waals surface area contributed by atoms with Gasteiger partial charge in [-0.05, 0) is 18.8 Å². The van der Waals surface area contributed by atoms with Gasteiger partial charge in [0.15, 0.2) is 5.82 Å². The first-order valence-corrected chi connectivity index (χ1v) is 7.43. The summed E-state index contributed by atoms with van der Waals surface area (Å²) in [6.07, 6.45) is 4.13. The number of amides is 2. The van der Waals surface area contributed by atoms with Crippen molar-refractivity contribution >= 4 is 23.6 Å². The van der Waals surface area contributed by atoms with E-state index in [4.69, 9.17) is 5.11 Å². The van der Waals surface area contributed by atoms with Gasteiger partial charge < -0.3 is 15.7 Å². The Morgan fingerprint density at radius 3 is 2.82 bits per heavy atom. The number of piperidine rings is 1. The van der Waals surface area contributed by atoms with Crippen molar-refractivity contribution in [2.45, 2.75) is 38.1 Å². The van der Waals surface area contributed by atoms with Gasteiger partial charge in [0.2, 0.25) is 11.8 Å². The molecule has 0 spiro atoms. The van der Waals surface area contributed by atoms with Crippen molar-refractivity contribution in [1.29, 1.82) is 0 Å². The van der Waals surface area contributed by atoms with E-state index in [2.05, 4.69) is 20.8 Å². The third kappa shape index (κ3) is 2.81. The minimum Gasteiger partial charge on any atom is -0.477 e. The number of nitrogens with zero attached hydrogens (tertiary/aromatic N) is 1. The van der Waals surface area contributed by atoms with Crippen molar-refractivity contribution in [1.82, 2.24) is 15.5 Å². The van der Waals surface area contributed by atoms with Gasteiger partial charge in [-0.1, -0.05) is 12.8 Å². The van der Waals surface area contributed by atoms with E-state index in [1.54, 1.807) is 0 Å². The summed E-state index contributed by atoms with van der Waals surface area (Å²) < 4.78 is 0. The Balaban J connectivity index is 1.71. The van der Waals surface area contributed by atoms with Crippen LogP contribution in [0.1, 0.15) is 42.6 Å². The highest BCUT2D eigenvalue weighted by atomic mass is 16.4. The number of hydrogen-bond donors (Lipinski definition) is 4. The lowest BCUT2D eigenvalue weighted by Crippen LogP contribution is -2.53. The number of carboxylic acid groups (broad SMARTS) is 1. The summed E-state index contributed by atoms with van der Waals surface area (Å²) in [6, 6.07) is 1.33. The SMILES string of the molecule is O=C1CC(C(=O)Nc2cc(C(=O)O)[nH]n2)C2CCCCC2N1. The second kappa shape index (κ2) is 5.78. The van der Waals surface area contributed by atoms with E-state index in [1.807, 2.05) is 0 Å². The number of aromatic nitrogens is 2. The summed E-state index contributed by atoms with van der Waals surface area (Å²) in [5, 5.41) is 20.5. The van der Waals surface area contributed by atoms with Crippen LogP contribution in [0.4, 0.5) is 5.82 Å². The molecule has 2 aliphatic rings. The van der Waals surface area contributed by atoms with Crippen molar-refractivity contribution in [2.75, 3.05) is 5.32 Å². The average Bonchev–Trinajstić information content (AvgIpc) is 2.95. The number of carbonyl (C=O) groups is 3. The summed E-state index contributed by atoms with van der Waals surface area (Å²) in [5.41, 5.74) is -0.0905. The van der Waals surface area contributed by atoms with E-state index in [0.717, 1.165) is 25.7 Å². The first-order chi connectivity index (χ1) is 10.5. The Morgan fingerprint density at radius 1 is 1.32 bits per heavy atom. The number of aromatic carboxylic acids is 1. The van der Waals surface area contributed by atoms with Crippen molar-refractivity contribution in [3.8, 4) is 0 Å². The standard InChI is InChI=1S/C14H18N4O4/c19-12-5-8(7-3-1-2-4-9(7)15-12)13(20)16-11-6-10(14(21)22)17-18-11/h6-9H,1-5H2,(H,15,19)(H,21,22)(H2,16,17,18,20). The summed E-state index contributed by atoms with van der Waals surface area (Å²) in [4.78, 5) is 35.0. The van der Waals surface area contributed by atoms with Gasteiger partial charge in [0.1, 0.15) is 5.69 Å². The topological polar surface area (TPSA) is 124 Å². The normalized spacial score (nSPS) is 27.6. The van der Waals surface area contributed by atoms with Crippen LogP contribution in [0.3, 0.4) is 0 Å². The predicted octanol–water partition coefficient (Wildman–Crippen LogP) is 0.741. The highest BCUT2D eigenvalue weighted by Gasteiger charge is 2.41. The molecule has 4 N–H and O–H groups in total. The molecule has 1 saturated heterocycles. The molecule has 1 aromatic rings. The maximum atomic E-state index is 12.5. The molecule has 22 heavy (non-hydrogen) atoms. The van der Waals surface area contributed by atoms with Crippen LogP contribution in [0.5, 0.6) is 0 Å². The fourth-order valence-electron chi connectivity index (χ4n) is 3.44. The second-order valence-electron chi connectivity index (χ2n) is 5.89. The lowest BCUT2D eigenvalue weighted by atomic mass is 9.72. The van der Waals surface area contributed by atoms with Gasteiger partial charge in [0.05, 0.1) is 5.92 Å². The second-order valence-corrected chi connectivity index (χ2v) is 5.89. The molecule has 1 aliphatic heterocycles. The van der Waals surface area contributed by atoms with Gasteiger partial charge in [-0.3, -0.25) is 14.7 Å². The fourth-order valence-corrected chi connectivity index (χ4v) is 3.44. The van der Waals surface area contributed by atoms with Crippen molar-refractivity contribution < 1.29 is 19.5 Å². The Kier molecular flexibility index (Phi) is 3.82. The molecule has 2 fully saturated rings. The third-order valence-corrected chi connectivity index (χ3v) is 4.48. The van der Waals surface area contributed by atoms with Crippen LogP contribution in [0.25, 0.3) is 0 Å². The fraction of sp³-hybridized carbons (Fsp3) is 0.571. The summed E-state index contributed by atoms with van der Waals surface area (Å²) in [6.45, 7) is 0. The number of carbonyl (C=O) groups excluding carboxylic acids is 2. The Morgan fingerprint density at radius 2 is 2.09 bits per heavy atom. The minimum atomic E-state index is -1.14. The van der Waals surface area contributed by atoms with Gasteiger partial charge in [-0.2, -0.15) is 5.10 Å². The highest BCUT2D eigenvalue weighted by molar-refractivity contribution is 5.96. The maximum absolute atomic E-state index is 12.5. The summed E-state index contributed by atoms with van der Waals surface area (Å²) >= 11 is 0. The summed E-state index contributed by atoms with van der Waals surface area (Å²) in [7, 11) is 0. The first kappa shape index (κ1) is 14.6. The maximum Gasteiger partial charge on any atom is 0.353 e. The number of fused-ring (bicyclic) bond motifs is 1. The zero-order valence-electron chi connectivity index (χ0n) is 12.0. The van der Waals surface area contributed by atoms with Crippen LogP contribution < -0.4 is 10.6 Å². The summed E-state index contributed by atoms with van der Waals surface area (Å²) in [5.74, 6) is -1.58. The van der Waals surface area contributed by atoms with Crippen molar-refractivity contribution in [3.63, 3.8) is 0 Å². The molecule has 2 heterocycles. The van der Waals surface area contributed by atoms with E-state index in [9.17, 15) is 14.4 Å². The average molecular weight is 306 g/mol. The minimum absolute atomic E-state index is 0.0690. The smallest absolute Gasteiger partial charge is 0.353 e. The number of hydrogen-bond acceptors (Lipinski definition) is 4. The van der Waals surface area contributed by atoms with Crippen molar-refractivity contribution in [2.24, 2.45) is 11.8 Å². The molecular weight excluding hydrogens is 288 g/mol. The lowest BCUT2D eigenvalue weighted by Gasteiger charge is -2.40. The quantitative estimate of drug-likeness (QED) is 0.655. The molecular formula is C14H18N4O4. The van der Waals surface area contributed by atoms with E-state index in [1.165, 1.54) is 6.07 Å². The molecule has 3 atom stereocenters. The Hall–Kier alpha value is -2.38. The third-order valence-electron chi connectivity index (χ3n) is 4.48. The molecule has 1 aliphatic carbocycles. The van der Waals surface area contributed by atoms with Crippen LogP contribution in [0, 0.1) is 11.8 Å². The van der Waals surface area contributed by atoms with E-state index in [0.29, 0.717) is 0 Å². The molecule has 0 bridgehead atoms. The van der Waals surface area contributed by atoms with Crippen LogP contribution in [-0.2, 0) is 9.59 Å². The molecule has 3 unspecified atom stereocenters. The molecule has 8 nitrogen and oxygen atoms in total.